The molecule has 1 aliphatic rings. The number of nitrogens with zero attached hydrogens (tertiary/aromatic N) is 2. The van der Waals surface area contributed by atoms with E-state index in [0.29, 0.717) is 43.7 Å². The van der Waals surface area contributed by atoms with Crippen molar-refractivity contribution in [3.8, 4) is 0 Å². The molecule has 1 saturated heterocycles. The standard InChI is InChI=1S/C24H29N3O4S2/c1-3-11-27-21-8-7-20(15-22(21)32-24(27)29)33(30,31)26-12-9-19(10-13-26)23(28)25-16-18-6-4-5-17(2)14-18/h4-8,14-15,19H,3,9-13,16H2,1-2H3,(H,25,28). The number of benzene rings is 2. The minimum Gasteiger partial charge on any atom is -0.352 e. The van der Waals surface area contributed by atoms with Gasteiger partial charge in [0.1, 0.15) is 0 Å². The maximum Gasteiger partial charge on any atom is 0.308 e. The van der Waals surface area contributed by atoms with E-state index in [2.05, 4.69) is 5.32 Å². The number of aromatic nitrogens is 1. The average Bonchev–Trinajstić information content (AvgIpc) is 3.12. The van der Waals surface area contributed by atoms with Gasteiger partial charge in [0.2, 0.25) is 15.9 Å². The lowest BCUT2D eigenvalue weighted by Crippen LogP contribution is -2.42. The molecule has 0 bridgehead atoms. The predicted octanol–water partition coefficient (Wildman–Crippen LogP) is 3.50. The first-order chi connectivity index (χ1) is 15.8. The molecule has 33 heavy (non-hydrogen) atoms. The first kappa shape index (κ1) is 23.7. The monoisotopic (exact) mass is 487 g/mol. The summed E-state index contributed by atoms with van der Waals surface area (Å²) >= 11 is 1.08. The Balaban J connectivity index is 1.40. The average molecular weight is 488 g/mol. The molecule has 9 heteroatoms. The van der Waals surface area contributed by atoms with Crippen LogP contribution in [0.15, 0.2) is 52.2 Å². The number of hydrogen-bond donors (Lipinski definition) is 1. The molecule has 0 unspecified atom stereocenters. The van der Waals surface area contributed by atoms with Crippen LogP contribution in [0.4, 0.5) is 0 Å². The number of rotatable bonds is 7. The van der Waals surface area contributed by atoms with Crippen LogP contribution in [0.2, 0.25) is 0 Å². The first-order valence-corrected chi connectivity index (χ1v) is 13.5. The maximum absolute atomic E-state index is 13.2. The Morgan fingerprint density at radius 1 is 1.15 bits per heavy atom. The van der Waals surface area contributed by atoms with Gasteiger partial charge < -0.3 is 5.32 Å². The van der Waals surface area contributed by atoms with Crippen molar-refractivity contribution in [1.29, 1.82) is 0 Å². The Morgan fingerprint density at radius 2 is 1.91 bits per heavy atom. The van der Waals surface area contributed by atoms with Crippen LogP contribution in [0.5, 0.6) is 0 Å². The Kier molecular flexibility index (Phi) is 7.02. The molecular formula is C24H29N3O4S2. The summed E-state index contributed by atoms with van der Waals surface area (Å²) in [4.78, 5) is 25.0. The van der Waals surface area contributed by atoms with Crippen molar-refractivity contribution < 1.29 is 13.2 Å². The number of sulfonamides is 1. The predicted molar refractivity (Wildman–Crippen MR) is 131 cm³/mol. The molecule has 1 fully saturated rings. The molecule has 0 atom stereocenters. The van der Waals surface area contributed by atoms with E-state index in [1.165, 1.54) is 4.31 Å². The van der Waals surface area contributed by atoms with Crippen molar-refractivity contribution in [2.75, 3.05) is 13.1 Å². The summed E-state index contributed by atoms with van der Waals surface area (Å²) < 4.78 is 30.2. The normalized spacial score (nSPS) is 15.7. The van der Waals surface area contributed by atoms with E-state index in [9.17, 15) is 18.0 Å². The number of carbonyl (C=O) groups is 1. The van der Waals surface area contributed by atoms with Gasteiger partial charge in [0.15, 0.2) is 0 Å². The summed E-state index contributed by atoms with van der Waals surface area (Å²) in [6, 6.07) is 12.9. The molecule has 7 nitrogen and oxygen atoms in total. The van der Waals surface area contributed by atoms with Gasteiger partial charge in [-0.15, -0.1) is 0 Å². The quantitative estimate of drug-likeness (QED) is 0.553. The highest BCUT2D eigenvalue weighted by atomic mass is 32.2. The molecule has 0 saturated carbocycles. The number of carbonyl (C=O) groups excluding carboxylic acids is 1. The van der Waals surface area contributed by atoms with Crippen LogP contribution in [0.1, 0.15) is 37.3 Å². The molecule has 0 spiro atoms. The molecule has 1 amide bonds. The molecule has 3 aromatic rings. The molecule has 2 heterocycles. The summed E-state index contributed by atoms with van der Waals surface area (Å²) in [5.74, 6) is -0.228. The second-order valence-electron chi connectivity index (χ2n) is 8.53. The lowest BCUT2D eigenvalue weighted by molar-refractivity contribution is -0.126. The smallest absolute Gasteiger partial charge is 0.308 e. The molecule has 0 radical (unpaired) electrons. The lowest BCUT2D eigenvalue weighted by atomic mass is 9.97. The number of hydrogen-bond acceptors (Lipinski definition) is 5. The second kappa shape index (κ2) is 9.79. The van der Waals surface area contributed by atoms with Crippen LogP contribution in [-0.4, -0.2) is 36.3 Å². The highest BCUT2D eigenvalue weighted by Gasteiger charge is 2.32. The Bertz CT molecular complexity index is 1320. The summed E-state index contributed by atoms with van der Waals surface area (Å²) in [5, 5.41) is 2.98. The van der Waals surface area contributed by atoms with Gasteiger partial charge in [-0.25, -0.2) is 8.42 Å². The topological polar surface area (TPSA) is 88.5 Å². The van der Waals surface area contributed by atoms with Crippen LogP contribution >= 0.6 is 11.3 Å². The second-order valence-corrected chi connectivity index (χ2v) is 11.5. The fourth-order valence-electron chi connectivity index (χ4n) is 4.31. The molecule has 1 N–H and O–H groups in total. The largest absolute Gasteiger partial charge is 0.352 e. The third-order valence-electron chi connectivity index (χ3n) is 6.10. The van der Waals surface area contributed by atoms with Crippen molar-refractivity contribution >= 4 is 37.5 Å². The first-order valence-electron chi connectivity index (χ1n) is 11.3. The number of piperidine rings is 1. The van der Waals surface area contributed by atoms with Crippen molar-refractivity contribution in [3.05, 3.63) is 63.3 Å². The van der Waals surface area contributed by atoms with Crippen molar-refractivity contribution in [2.45, 2.75) is 51.1 Å². The summed E-state index contributed by atoms with van der Waals surface area (Å²) in [5.41, 5.74) is 2.97. The number of thiazole rings is 1. The third-order valence-corrected chi connectivity index (χ3v) is 8.94. The molecule has 1 aliphatic heterocycles. The molecule has 2 aromatic carbocycles. The Labute approximate surface area is 198 Å². The zero-order valence-electron chi connectivity index (χ0n) is 18.9. The van der Waals surface area contributed by atoms with Gasteiger partial charge in [0.25, 0.3) is 0 Å². The lowest BCUT2D eigenvalue weighted by Gasteiger charge is -2.30. The van der Waals surface area contributed by atoms with Gasteiger partial charge in [-0.3, -0.25) is 14.2 Å². The van der Waals surface area contributed by atoms with Crippen LogP contribution in [0, 0.1) is 12.8 Å². The highest BCUT2D eigenvalue weighted by Crippen LogP contribution is 2.27. The number of aryl methyl sites for hydroxylation is 2. The van der Waals surface area contributed by atoms with E-state index < -0.39 is 10.0 Å². The summed E-state index contributed by atoms with van der Waals surface area (Å²) in [6.45, 7) is 5.71. The van der Waals surface area contributed by atoms with Gasteiger partial charge >= 0.3 is 4.87 Å². The van der Waals surface area contributed by atoms with Crippen molar-refractivity contribution in [1.82, 2.24) is 14.2 Å². The van der Waals surface area contributed by atoms with Crippen LogP contribution in [-0.2, 0) is 27.9 Å². The zero-order chi connectivity index (χ0) is 23.6. The molecule has 1 aromatic heterocycles. The fourth-order valence-corrected chi connectivity index (χ4v) is 6.83. The highest BCUT2D eigenvalue weighted by molar-refractivity contribution is 7.89. The van der Waals surface area contributed by atoms with Crippen molar-refractivity contribution in [3.63, 3.8) is 0 Å². The summed E-state index contributed by atoms with van der Waals surface area (Å²) in [6.07, 6.45) is 1.81. The Morgan fingerprint density at radius 3 is 2.61 bits per heavy atom. The van der Waals surface area contributed by atoms with Gasteiger partial charge in [-0.2, -0.15) is 4.31 Å². The minimum absolute atomic E-state index is 0.0305. The number of amides is 1. The SMILES string of the molecule is CCCn1c(=O)sc2cc(S(=O)(=O)N3CCC(C(=O)NCc4cccc(C)c4)CC3)ccc21. The molecule has 0 aliphatic carbocycles. The van der Waals surface area contributed by atoms with Crippen molar-refractivity contribution in [2.24, 2.45) is 5.92 Å². The number of fused-ring (bicyclic) bond motifs is 1. The maximum atomic E-state index is 13.2. The number of nitrogens with one attached hydrogen (secondary N) is 1. The van der Waals surface area contributed by atoms with Gasteiger partial charge in [0.05, 0.1) is 15.1 Å². The fraction of sp³-hybridized carbons (Fsp3) is 0.417. The zero-order valence-corrected chi connectivity index (χ0v) is 20.5. The molecule has 4 rings (SSSR count). The van der Waals surface area contributed by atoms with Crippen LogP contribution in [0.25, 0.3) is 10.2 Å². The summed E-state index contributed by atoms with van der Waals surface area (Å²) in [7, 11) is -3.68. The Hall–Kier alpha value is -2.49. The minimum atomic E-state index is -3.68. The van der Waals surface area contributed by atoms with E-state index in [1.54, 1.807) is 22.8 Å². The van der Waals surface area contributed by atoms with Crippen LogP contribution < -0.4 is 10.2 Å². The van der Waals surface area contributed by atoms with Gasteiger partial charge in [0, 0.05) is 32.1 Å². The molecular weight excluding hydrogens is 458 g/mol. The molecule has 176 valence electrons. The van der Waals surface area contributed by atoms with E-state index >= 15 is 0 Å². The third kappa shape index (κ3) is 5.05. The van der Waals surface area contributed by atoms with Gasteiger partial charge in [-0.05, 0) is 49.9 Å². The van der Waals surface area contributed by atoms with E-state index in [-0.39, 0.29) is 21.6 Å². The van der Waals surface area contributed by atoms with E-state index in [0.717, 1.165) is 34.4 Å². The van der Waals surface area contributed by atoms with E-state index in [1.807, 2.05) is 38.1 Å². The van der Waals surface area contributed by atoms with Crippen LogP contribution in [0.3, 0.4) is 0 Å². The van der Waals surface area contributed by atoms with Gasteiger partial charge in [-0.1, -0.05) is 48.1 Å². The van der Waals surface area contributed by atoms with E-state index in [4.69, 9.17) is 0 Å².